The van der Waals surface area contributed by atoms with Crippen molar-refractivity contribution in [3.63, 3.8) is 0 Å². The molecule has 0 amide bonds. The molecular weight excluding hydrogens is 338 g/mol. The minimum absolute atomic E-state index is 0.329. The van der Waals surface area contributed by atoms with Crippen LogP contribution in [-0.2, 0) is 9.47 Å². The maximum atomic E-state index is 6.03. The number of hydrogen-bond donors (Lipinski definition) is 0. The highest BCUT2D eigenvalue weighted by Crippen LogP contribution is 2.45. The van der Waals surface area contributed by atoms with Crippen LogP contribution >= 0.6 is 0 Å². The molecule has 1 aromatic heterocycles. The lowest BCUT2D eigenvalue weighted by atomic mass is 10.0. The number of unbranched alkanes of at least 4 members (excludes halogenated alkanes) is 1. The van der Waals surface area contributed by atoms with Gasteiger partial charge in [-0.05, 0) is 41.8 Å². The minimum atomic E-state index is -0.423. The van der Waals surface area contributed by atoms with Crippen LogP contribution in [0.25, 0.3) is 11.1 Å². The molecule has 0 N–H and O–H groups in total. The van der Waals surface area contributed by atoms with E-state index in [2.05, 4.69) is 24.0 Å². The lowest BCUT2D eigenvalue weighted by molar-refractivity contribution is -0.397. The molecule has 2 heterocycles. The van der Waals surface area contributed by atoms with Crippen molar-refractivity contribution in [2.24, 2.45) is 0 Å². The third-order valence-corrected chi connectivity index (χ3v) is 4.60. The second-order valence-electron chi connectivity index (χ2n) is 6.54. The molecule has 27 heavy (non-hydrogen) atoms. The van der Waals surface area contributed by atoms with Crippen molar-refractivity contribution >= 4 is 0 Å². The third-order valence-electron chi connectivity index (χ3n) is 4.60. The number of nitrogens with zero attached hydrogens (tertiary/aromatic N) is 1. The van der Waals surface area contributed by atoms with Gasteiger partial charge in [0, 0.05) is 18.0 Å². The molecule has 138 valence electrons. The number of ether oxygens (including phenoxy) is 3. The summed E-state index contributed by atoms with van der Waals surface area (Å²) in [7, 11) is 0. The molecule has 1 fully saturated rings. The van der Waals surface area contributed by atoms with E-state index < -0.39 is 6.29 Å². The van der Waals surface area contributed by atoms with Crippen LogP contribution in [0.2, 0.25) is 0 Å². The summed E-state index contributed by atoms with van der Waals surface area (Å²) >= 11 is 0. The molecular formula is C23H23NO3. The Balaban J connectivity index is 1.57. The quantitative estimate of drug-likeness (QED) is 0.508. The summed E-state index contributed by atoms with van der Waals surface area (Å²) in [5.74, 6) is 0.817. The Hall–Kier alpha value is -2.69. The SMILES string of the molecule is CCCCOc1ccc(-c2ccncc2)cc1C1OC(c2ccccc2)O1. The van der Waals surface area contributed by atoms with Crippen LogP contribution in [0.3, 0.4) is 0 Å². The first-order valence-corrected chi connectivity index (χ1v) is 9.38. The lowest BCUT2D eigenvalue weighted by Gasteiger charge is -2.37. The Morgan fingerprint density at radius 3 is 2.41 bits per heavy atom. The Morgan fingerprint density at radius 2 is 1.67 bits per heavy atom. The lowest BCUT2D eigenvalue weighted by Crippen LogP contribution is -2.27. The van der Waals surface area contributed by atoms with Crippen LogP contribution in [0.4, 0.5) is 0 Å². The smallest absolute Gasteiger partial charge is 0.194 e. The summed E-state index contributed by atoms with van der Waals surface area (Å²) in [5.41, 5.74) is 4.14. The van der Waals surface area contributed by atoms with Crippen molar-refractivity contribution in [2.45, 2.75) is 32.3 Å². The fraction of sp³-hybridized carbons (Fsp3) is 0.261. The first-order chi connectivity index (χ1) is 13.3. The Kier molecular flexibility index (Phi) is 5.47. The zero-order valence-corrected chi connectivity index (χ0v) is 15.4. The van der Waals surface area contributed by atoms with Gasteiger partial charge >= 0.3 is 0 Å². The summed E-state index contributed by atoms with van der Waals surface area (Å²) in [4.78, 5) is 4.09. The number of hydrogen-bond acceptors (Lipinski definition) is 4. The highest BCUT2D eigenvalue weighted by molar-refractivity contribution is 5.65. The zero-order chi connectivity index (χ0) is 18.5. The van der Waals surface area contributed by atoms with E-state index in [0.717, 1.165) is 40.8 Å². The van der Waals surface area contributed by atoms with Gasteiger partial charge in [0.05, 0.1) is 12.2 Å². The largest absolute Gasteiger partial charge is 0.493 e. The van der Waals surface area contributed by atoms with Crippen LogP contribution in [0.5, 0.6) is 5.75 Å². The van der Waals surface area contributed by atoms with E-state index in [0.29, 0.717) is 6.61 Å². The fourth-order valence-electron chi connectivity index (χ4n) is 3.06. The van der Waals surface area contributed by atoms with Gasteiger partial charge in [0.15, 0.2) is 12.6 Å². The first-order valence-electron chi connectivity index (χ1n) is 9.38. The van der Waals surface area contributed by atoms with Gasteiger partial charge in [-0.3, -0.25) is 4.98 Å². The van der Waals surface area contributed by atoms with Gasteiger partial charge in [-0.2, -0.15) is 0 Å². The van der Waals surface area contributed by atoms with Crippen molar-refractivity contribution in [3.05, 3.63) is 84.2 Å². The predicted octanol–water partition coefficient (Wildman–Crippen LogP) is 5.67. The van der Waals surface area contributed by atoms with Gasteiger partial charge in [0.2, 0.25) is 0 Å². The molecule has 0 radical (unpaired) electrons. The molecule has 2 aromatic carbocycles. The topological polar surface area (TPSA) is 40.6 Å². The van der Waals surface area contributed by atoms with E-state index in [4.69, 9.17) is 14.2 Å². The fourth-order valence-corrected chi connectivity index (χ4v) is 3.06. The van der Waals surface area contributed by atoms with E-state index in [1.54, 1.807) is 12.4 Å². The normalized spacial score (nSPS) is 18.7. The standard InChI is InChI=1S/C23H23NO3/c1-2-3-15-25-21-10-9-19(17-11-13-24-14-12-17)16-20(21)23-26-22(27-23)18-7-5-4-6-8-18/h4-14,16,22-23H,2-3,15H2,1H3. The summed E-state index contributed by atoms with van der Waals surface area (Å²) < 4.78 is 18.1. The summed E-state index contributed by atoms with van der Waals surface area (Å²) in [6.07, 6.45) is 4.95. The first kappa shape index (κ1) is 17.7. The van der Waals surface area contributed by atoms with Gasteiger partial charge in [0.1, 0.15) is 5.75 Å². The van der Waals surface area contributed by atoms with Crippen LogP contribution in [0, 0.1) is 0 Å². The van der Waals surface area contributed by atoms with E-state index in [1.165, 1.54) is 0 Å². The maximum absolute atomic E-state index is 6.03. The van der Waals surface area contributed by atoms with Crippen LogP contribution in [0.1, 0.15) is 43.5 Å². The molecule has 0 aliphatic carbocycles. The van der Waals surface area contributed by atoms with Gasteiger partial charge in [-0.1, -0.05) is 49.7 Å². The number of aromatic nitrogens is 1. The van der Waals surface area contributed by atoms with E-state index >= 15 is 0 Å². The molecule has 4 heteroatoms. The third kappa shape index (κ3) is 4.02. The second-order valence-corrected chi connectivity index (χ2v) is 6.54. The zero-order valence-electron chi connectivity index (χ0n) is 15.4. The molecule has 0 saturated carbocycles. The Morgan fingerprint density at radius 1 is 0.889 bits per heavy atom. The highest BCUT2D eigenvalue weighted by atomic mass is 16.9. The van der Waals surface area contributed by atoms with Crippen molar-refractivity contribution in [1.82, 2.24) is 4.98 Å². The van der Waals surface area contributed by atoms with E-state index in [1.807, 2.05) is 48.5 Å². The van der Waals surface area contributed by atoms with E-state index in [-0.39, 0.29) is 6.29 Å². The van der Waals surface area contributed by atoms with Crippen molar-refractivity contribution in [3.8, 4) is 16.9 Å². The van der Waals surface area contributed by atoms with Crippen molar-refractivity contribution in [2.75, 3.05) is 6.61 Å². The Bertz CT molecular complexity index is 861. The average Bonchev–Trinajstić information content (AvgIpc) is 2.69. The summed E-state index contributed by atoms with van der Waals surface area (Å²) in [6, 6.07) is 20.1. The minimum Gasteiger partial charge on any atom is -0.493 e. The predicted molar refractivity (Wildman–Crippen MR) is 104 cm³/mol. The summed E-state index contributed by atoms with van der Waals surface area (Å²) in [5, 5.41) is 0. The van der Waals surface area contributed by atoms with Crippen molar-refractivity contribution in [1.29, 1.82) is 0 Å². The molecule has 3 aromatic rings. The summed E-state index contributed by atoms with van der Waals surface area (Å²) in [6.45, 7) is 2.84. The molecule has 4 nitrogen and oxygen atoms in total. The number of benzene rings is 2. The molecule has 0 spiro atoms. The monoisotopic (exact) mass is 361 g/mol. The van der Waals surface area contributed by atoms with Gasteiger partial charge < -0.3 is 14.2 Å². The van der Waals surface area contributed by atoms with Crippen LogP contribution < -0.4 is 4.74 Å². The second kappa shape index (κ2) is 8.33. The average molecular weight is 361 g/mol. The Labute approximate surface area is 159 Å². The number of rotatable bonds is 7. The van der Waals surface area contributed by atoms with Crippen LogP contribution in [-0.4, -0.2) is 11.6 Å². The molecule has 0 atom stereocenters. The number of pyridine rings is 1. The molecule has 4 rings (SSSR count). The molecule has 1 saturated heterocycles. The van der Waals surface area contributed by atoms with Crippen molar-refractivity contribution < 1.29 is 14.2 Å². The van der Waals surface area contributed by atoms with Gasteiger partial charge in [-0.15, -0.1) is 0 Å². The van der Waals surface area contributed by atoms with Gasteiger partial charge in [-0.25, -0.2) is 0 Å². The highest BCUT2D eigenvalue weighted by Gasteiger charge is 2.35. The van der Waals surface area contributed by atoms with Crippen LogP contribution in [0.15, 0.2) is 73.1 Å². The van der Waals surface area contributed by atoms with Gasteiger partial charge in [0.25, 0.3) is 0 Å². The maximum Gasteiger partial charge on any atom is 0.194 e. The molecule has 0 unspecified atom stereocenters. The molecule has 1 aliphatic heterocycles. The van der Waals surface area contributed by atoms with E-state index in [9.17, 15) is 0 Å². The molecule has 0 bridgehead atoms. The molecule has 1 aliphatic rings.